The van der Waals surface area contributed by atoms with Gasteiger partial charge < -0.3 is 15.6 Å². The maximum Gasteiger partial charge on any atom is 0.338 e. The summed E-state index contributed by atoms with van der Waals surface area (Å²) in [5.74, 6) is -3.87. The number of halogens is 3. The maximum atomic E-state index is 14.4. The highest BCUT2D eigenvalue weighted by molar-refractivity contribution is 7.92. The van der Waals surface area contributed by atoms with Crippen molar-refractivity contribution in [3.63, 3.8) is 0 Å². The first-order chi connectivity index (χ1) is 15.1. The van der Waals surface area contributed by atoms with Crippen molar-refractivity contribution in [3.05, 3.63) is 76.8 Å². The van der Waals surface area contributed by atoms with Crippen molar-refractivity contribution < 1.29 is 31.8 Å². The molecule has 0 fully saturated rings. The summed E-state index contributed by atoms with van der Waals surface area (Å²) >= 11 is 5.87. The van der Waals surface area contributed by atoms with E-state index in [9.17, 15) is 27.1 Å². The van der Waals surface area contributed by atoms with Crippen molar-refractivity contribution in [1.29, 1.82) is 0 Å². The number of anilines is 1. The fourth-order valence-electron chi connectivity index (χ4n) is 2.80. The van der Waals surface area contributed by atoms with Crippen LogP contribution in [0.3, 0.4) is 0 Å². The first-order valence-electron chi connectivity index (χ1n) is 9.11. The van der Waals surface area contributed by atoms with Crippen LogP contribution in [0.25, 0.3) is 11.1 Å². The molecule has 0 atom stereocenters. The summed E-state index contributed by atoms with van der Waals surface area (Å²) in [6.45, 7) is -0.0847. The van der Waals surface area contributed by atoms with E-state index in [4.69, 9.17) is 22.1 Å². The quantitative estimate of drug-likeness (QED) is 0.439. The molecule has 11 heteroatoms. The number of carbonyl (C=O) groups is 1. The van der Waals surface area contributed by atoms with E-state index in [0.29, 0.717) is 11.6 Å². The molecule has 0 saturated heterocycles. The lowest BCUT2D eigenvalue weighted by Gasteiger charge is -2.14. The summed E-state index contributed by atoms with van der Waals surface area (Å²) in [7, 11) is -4.66. The highest BCUT2D eigenvalue weighted by Gasteiger charge is 2.26. The molecule has 0 bridgehead atoms. The summed E-state index contributed by atoms with van der Waals surface area (Å²) in [5.41, 5.74) is 4.76. The number of aromatic hydroxyl groups is 1. The minimum atomic E-state index is -4.66. The van der Waals surface area contributed by atoms with Crippen molar-refractivity contribution in [3.8, 4) is 16.9 Å². The van der Waals surface area contributed by atoms with Crippen LogP contribution in [0.2, 0.25) is 5.02 Å². The summed E-state index contributed by atoms with van der Waals surface area (Å²) in [6.07, 6.45) is 0. The number of carbonyl (C=O) groups excluding carboxylic acids is 1. The van der Waals surface area contributed by atoms with Crippen molar-refractivity contribution >= 4 is 33.3 Å². The van der Waals surface area contributed by atoms with Gasteiger partial charge >= 0.3 is 5.97 Å². The van der Waals surface area contributed by atoms with Crippen LogP contribution in [0.4, 0.5) is 14.5 Å². The Hall–Kier alpha value is -3.21. The van der Waals surface area contributed by atoms with Gasteiger partial charge in [-0.15, -0.1) is 0 Å². The molecule has 0 aliphatic carbocycles. The third-order valence-corrected chi connectivity index (χ3v) is 5.96. The molecule has 0 radical (unpaired) electrons. The predicted molar refractivity (Wildman–Crippen MR) is 115 cm³/mol. The summed E-state index contributed by atoms with van der Waals surface area (Å²) < 4.78 is 61.2. The number of nitrogens with one attached hydrogen (secondary N) is 1. The van der Waals surface area contributed by atoms with Crippen LogP contribution in [0, 0.1) is 11.6 Å². The van der Waals surface area contributed by atoms with E-state index in [1.165, 1.54) is 0 Å². The van der Waals surface area contributed by atoms with Gasteiger partial charge in [0.05, 0.1) is 16.3 Å². The highest BCUT2D eigenvalue weighted by Crippen LogP contribution is 2.35. The summed E-state index contributed by atoms with van der Waals surface area (Å²) in [5, 5.41) is 9.72. The Morgan fingerprint density at radius 1 is 1.09 bits per heavy atom. The first-order valence-corrected chi connectivity index (χ1v) is 11.0. The number of esters is 1. The van der Waals surface area contributed by atoms with E-state index in [1.807, 2.05) is 4.72 Å². The van der Waals surface area contributed by atoms with Crippen LogP contribution in [0.5, 0.6) is 5.75 Å². The zero-order chi connectivity index (χ0) is 23.5. The van der Waals surface area contributed by atoms with E-state index >= 15 is 0 Å². The molecule has 168 valence electrons. The topological polar surface area (TPSA) is 119 Å². The standard InChI is InChI=1S/C21H17ClF2N2O5S/c22-15-8-13(21(28)31-7-6-25)9-19(20(15)27)32(29,30)26-18-10-14(16(23)11-17(18)24)12-4-2-1-3-5-12/h1-5,8-11,26-27H,6-7,25H2. The number of phenols is 1. The molecule has 0 amide bonds. The molecule has 0 aliphatic rings. The van der Waals surface area contributed by atoms with Gasteiger partial charge in [-0.1, -0.05) is 41.9 Å². The Morgan fingerprint density at radius 2 is 1.78 bits per heavy atom. The van der Waals surface area contributed by atoms with E-state index in [1.54, 1.807) is 30.3 Å². The lowest BCUT2D eigenvalue weighted by molar-refractivity contribution is 0.0516. The fourth-order valence-corrected chi connectivity index (χ4v) is 4.28. The van der Waals surface area contributed by atoms with Crippen LogP contribution in [-0.2, 0) is 14.8 Å². The van der Waals surface area contributed by atoms with Gasteiger partial charge in [-0.2, -0.15) is 0 Å². The van der Waals surface area contributed by atoms with Crippen molar-refractivity contribution in [1.82, 2.24) is 0 Å². The van der Waals surface area contributed by atoms with Crippen LogP contribution < -0.4 is 10.5 Å². The van der Waals surface area contributed by atoms with Gasteiger partial charge in [0.15, 0.2) is 5.75 Å². The Bertz CT molecular complexity index is 1270. The molecule has 0 aliphatic heterocycles. The van der Waals surface area contributed by atoms with Gasteiger partial charge in [-0.25, -0.2) is 22.0 Å². The Kier molecular flexibility index (Phi) is 6.97. The molecule has 0 unspecified atom stereocenters. The minimum absolute atomic E-state index is 0.0395. The number of hydrogen-bond acceptors (Lipinski definition) is 6. The number of sulfonamides is 1. The minimum Gasteiger partial charge on any atom is -0.505 e. The number of nitrogens with two attached hydrogens (primary N) is 1. The molecule has 0 aromatic heterocycles. The van der Waals surface area contributed by atoms with Gasteiger partial charge in [0.25, 0.3) is 10.0 Å². The van der Waals surface area contributed by atoms with Crippen LogP contribution >= 0.6 is 11.6 Å². The highest BCUT2D eigenvalue weighted by atomic mass is 35.5. The zero-order valence-electron chi connectivity index (χ0n) is 16.3. The van der Waals surface area contributed by atoms with Gasteiger partial charge in [0.1, 0.15) is 23.1 Å². The van der Waals surface area contributed by atoms with E-state index in [0.717, 1.165) is 18.2 Å². The number of benzene rings is 3. The second kappa shape index (κ2) is 9.51. The lowest BCUT2D eigenvalue weighted by Crippen LogP contribution is -2.17. The Morgan fingerprint density at radius 3 is 2.44 bits per heavy atom. The maximum absolute atomic E-state index is 14.4. The molecule has 32 heavy (non-hydrogen) atoms. The zero-order valence-corrected chi connectivity index (χ0v) is 17.9. The van der Waals surface area contributed by atoms with Crippen LogP contribution in [0.15, 0.2) is 59.5 Å². The molecule has 0 heterocycles. The molecule has 0 spiro atoms. The van der Waals surface area contributed by atoms with Crippen molar-refractivity contribution in [2.45, 2.75) is 4.90 Å². The molecule has 3 aromatic rings. The Balaban J connectivity index is 2.03. The number of ether oxygens (including phenoxy) is 1. The largest absolute Gasteiger partial charge is 0.505 e. The third-order valence-electron chi connectivity index (χ3n) is 4.29. The van der Waals surface area contributed by atoms with Crippen LogP contribution in [0.1, 0.15) is 10.4 Å². The molecule has 3 rings (SSSR count). The molecule has 3 aromatic carbocycles. The van der Waals surface area contributed by atoms with E-state index in [-0.39, 0.29) is 24.3 Å². The van der Waals surface area contributed by atoms with Gasteiger partial charge in [0, 0.05) is 18.2 Å². The van der Waals surface area contributed by atoms with Gasteiger partial charge in [-0.05, 0) is 23.8 Å². The molecular weight excluding hydrogens is 466 g/mol. The normalized spacial score (nSPS) is 11.2. The average Bonchev–Trinajstić information content (AvgIpc) is 2.76. The van der Waals surface area contributed by atoms with Crippen molar-refractivity contribution in [2.24, 2.45) is 5.73 Å². The number of rotatable bonds is 7. The third kappa shape index (κ3) is 4.98. The number of phenolic OH excluding ortho intramolecular Hbond substituents is 1. The Labute approximate surface area is 187 Å². The van der Waals surface area contributed by atoms with Crippen molar-refractivity contribution in [2.75, 3.05) is 17.9 Å². The molecule has 0 saturated carbocycles. The summed E-state index contributed by atoms with van der Waals surface area (Å²) in [6, 6.07) is 11.5. The number of hydrogen-bond donors (Lipinski definition) is 3. The second-order valence-corrected chi connectivity index (χ2v) is 8.57. The second-order valence-electron chi connectivity index (χ2n) is 6.51. The monoisotopic (exact) mass is 482 g/mol. The summed E-state index contributed by atoms with van der Waals surface area (Å²) in [4.78, 5) is 11.3. The van der Waals surface area contributed by atoms with E-state index in [2.05, 4.69) is 0 Å². The first kappa shape index (κ1) is 23.5. The predicted octanol–water partition coefficient (Wildman–Crippen LogP) is 3.91. The fraction of sp³-hybridized carbons (Fsp3) is 0.0952. The SMILES string of the molecule is NCCOC(=O)c1cc(Cl)c(O)c(S(=O)(=O)Nc2cc(-c3ccccc3)c(F)cc2F)c1. The van der Waals surface area contributed by atoms with E-state index < -0.39 is 49.0 Å². The lowest BCUT2D eigenvalue weighted by atomic mass is 10.0. The molecule has 7 nitrogen and oxygen atoms in total. The average molecular weight is 483 g/mol. The molecular formula is C21H17ClF2N2O5S. The van der Waals surface area contributed by atoms with Crippen LogP contribution in [-0.4, -0.2) is 32.6 Å². The molecule has 4 N–H and O–H groups in total. The van der Waals surface area contributed by atoms with Gasteiger partial charge in [-0.3, -0.25) is 4.72 Å². The van der Waals surface area contributed by atoms with Gasteiger partial charge in [0.2, 0.25) is 0 Å². The smallest absolute Gasteiger partial charge is 0.338 e.